The lowest BCUT2D eigenvalue weighted by molar-refractivity contribution is 0.414. The number of halogens is 1. The molecule has 1 unspecified atom stereocenters. The van der Waals surface area contributed by atoms with Gasteiger partial charge in [0, 0.05) is 16.8 Å². The number of anilines is 1. The van der Waals surface area contributed by atoms with Crippen molar-refractivity contribution in [3.8, 4) is 5.75 Å². The van der Waals surface area contributed by atoms with Crippen molar-refractivity contribution in [1.29, 1.82) is 0 Å². The van der Waals surface area contributed by atoms with Crippen LogP contribution in [0, 0.1) is 0 Å². The third kappa shape index (κ3) is 4.46. The van der Waals surface area contributed by atoms with Crippen LogP contribution >= 0.6 is 11.6 Å². The Balaban J connectivity index is 1.83. The van der Waals surface area contributed by atoms with E-state index < -0.39 is 0 Å². The van der Waals surface area contributed by atoms with Crippen LogP contribution in [0.15, 0.2) is 48.5 Å². The third-order valence-electron chi connectivity index (χ3n) is 3.26. The Hall–Kier alpha value is -1.67. The van der Waals surface area contributed by atoms with Gasteiger partial charge in [0.1, 0.15) is 5.75 Å². The number of benzene rings is 2. The molecule has 0 aliphatic rings. The van der Waals surface area contributed by atoms with Crippen LogP contribution in [0.1, 0.15) is 18.9 Å². The molecule has 3 heteroatoms. The Morgan fingerprint density at radius 2 is 1.90 bits per heavy atom. The molecular weight excluding hydrogens is 270 g/mol. The molecule has 0 fully saturated rings. The molecule has 0 amide bonds. The fourth-order valence-corrected chi connectivity index (χ4v) is 2.30. The summed E-state index contributed by atoms with van der Waals surface area (Å²) in [4.78, 5) is 0. The first-order valence-corrected chi connectivity index (χ1v) is 7.20. The number of aryl methyl sites for hydroxylation is 1. The van der Waals surface area contributed by atoms with Crippen LogP contribution in [0.3, 0.4) is 0 Å². The van der Waals surface area contributed by atoms with Crippen molar-refractivity contribution in [1.82, 2.24) is 0 Å². The molecule has 106 valence electrons. The highest BCUT2D eigenvalue weighted by atomic mass is 35.5. The number of methoxy groups -OCH3 is 1. The number of hydrogen-bond acceptors (Lipinski definition) is 2. The minimum atomic E-state index is 0.399. The molecule has 0 aliphatic heterocycles. The highest BCUT2D eigenvalue weighted by Gasteiger charge is 2.03. The van der Waals surface area contributed by atoms with E-state index in [2.05, 4.69) is 24.4 Å². The summed E-state index contributed by atoms with van der Waals surface area (Å²) in [6.07, 6.45) is 2.11. The van der Waals surface area contributed by atoms with E-state index in [9.17, 15) is 0 Å². The standard InChI is InChI=1S/C17H20ClNO/c1-13(19-16-5-3-4-15(18)12-16)6-7-14-8-10-17(20-2)11-9-14/h3-5,8-13,19H,6-7H2,1-2H3. The molecule has 2 nitrogen and oxygen atoms in total. The van der Waals surface area contributed by atoms with Crippen molar-refractivity contribution in [3.63, 3.8) is 0 Å². The molecular formula is C17H20ClNO. The summed E-state index contributed by atoms with van der Waals surface area (Å²) >= 11 is 5.98. The van der Waals surface area contributed by atoms with Gasteiger partial charge in [-0.15, -0.1) is 0 Å². The van der Waals surface area contributed by atoms with Crippen LogP contribution in [0.2, 0.25) is 5.02 Å². The first-order chi connectivity index (χ1) is 9.67. The molecule has 0 spiro atoms. The Labute approximate surface area is 125 Å². The van der Waals surface area contributed by atoms with E-state index in [0.717, 1.165) is 29.3 Å². The maximum absolute atomic E-state index is 5.98. The predicted molar refractivity (Wildman–Crippen MR) is 85.9 cm³/mol. The van der Waals surface area contributed by atoms with E-state index >= 15 is 0 Å². The highest BCUT2D eigenvalue weighted by Crippen LogP contribution is 2.18. The topological polar surface area (TPSA) is 21.3 Å². The number of ether oxygens (including phenoxy) is 1. The van der Waals surface area contributed by atoms with E-state index in [1.54, 1.807) is 7.11 Å². The molecule has 0 radical (unpaired) electrons. The second-order valence-corrected chi connectivity index (χ2v) is 5.38. The van der Waals surface area contributed by atoms with Crippen LogP contribution in [0.25, 0.3) is 0 Å². The van der Waals surface area contributed by atoms with E-state index in [4.69, 9.17) is 16.3 Å². The average molecular weight is 290 g/mol. The molecule has 0 saturated heterocycles. The van der Waals surface area contributed by atoms with Gasteiger partial charge in [-0.1, -0.05) is 29.8 Å². The summed E-state index contributed by atoms with van der Waals surface area (Å²) in [7, 11) is 1.69. The molecule has 1 atom stereocenters. The number of hydrogen-bond donors (Lipinski definition) is 1. The zero-order valence-electron chi connectivity index (χ0n) is 11.9. The fraction of sp³-hybridized carbons (Fsp3) is 0.294. The summed E-state index contributed by atoms with van der Waals surface area (Å²) in [6.45, 7) is 2.18. The van der Waals surface area contributed by atoms with Gasteiger partial charge < -0.3 is 10.1 Å². The van der Waals surface area contributed by atoms with Crippen molar-refractivity contribution in [2.24, 2.45) is 0 Å². The Kier molecular flexibility index (Phi) is 5.31. The van der Waals surface area contributed by atoms with Crippen molar-refractivity contribution < 1.29 is 4.74 Å². The van der Waals surface area contributed by atoms with Crippen LogP contribution < -0.4 is 10.1 Å². The molecule has 1 N–H and O–H groups in total. The first kappa shape index (κ1) is 14.7. The normalized spacial score (nSPS) is 11.9. The van der Waals surface area contributed by atoms with Crippen molar-refractivity contribution in [2.75, 3.05) is 12.4 Å². The van der Waals surface area contributed by atoms with E-state index in [1.807, 2.05) is 36.4 Å². The van der Waals surface area contributed by atoms with Crippen LogP contribution in [-0.4, -0.2) is 13.2 Å². The molecule has 0 aliphatic carbocycles. The lowest BCUT2D eigenvalue weighted by atomic mass is 10.1. The largest absolute Gasteiger partial charge is 0.497 e. The maximum atomic E-state index is 5.98. The lowest BCUT2D eigenvalue weighted by Gasteiger charge is -2.15. The zero-order valence-corrected chi connectivity index (χ0v) is 12.7. The van der Waals surface area contributed by atoms with Gasteiger partial charge in [-0.25, -0.2) is 0 Å². The van der Waals surface area contributed by atoms with E-state index in [1.165, 1.54) is 5.56 Å². The molecule has 0 aromatic heterocycles. The molecule has 2 rings (SSSR count). The van der Waals surface area contributed by atoms with Crippen LogP contribution in [-0.2, 0) is 6.42 Å². The minimum Gasteiger partial charge on any atom is -0.497 e. The van der Waals surface area contributed by atoms with Gasteiger partial charge >= 0.3 is 0 Å². The van der Waals surface area contributed by atoms with Gasteiger partial charge in [0.05, 0.1) is 7.11 Å². The van der Waals surface area contributed by atoms with Gasteiger partial charge in [-0.2, -0.15) is 0 Å². The van der Waals surface area contributed by atoms with Gasteiger partial charge in [0.15, 0.2) is 0 Å². The molecule has 2 aromatic rings. The minimum absolute atomic E-state index is 0.399. The molecule has 20 heavy (non-hydrogen) atoms. The highest BCUT2D eigenvalue weighted by molar-refractivity contribution is 6.30. The summed E-state index contributed by atoms with van der Waals surface area (Å²) < 4.78 is 5.16. The van der Waals surface area contributed by atoms with Gasteiger partial charge in [0.2, 0.25) is 0 Å². The Bertz CT molecular complexity index is 539. The maximum Gasteiger partial charge on any atom is 0.118 e. The zero-order chi connectivity index (χ0) is 14.4. The van der Waals surface area contributed by atoms with Crippen LogP contribution in [0.5, 0.6) is 5.75 Å². The fourth-order valence-electron chi connectivity index (χ4n) is 2.11. The quantitative estimate of drug-likeness (QED) is 0.826. The number of rotatable bonds is 6. The summed E-state index contributed by atoms with van der Waals surface area (Å²) in [5, 5.41) is 4.23. The predicted octanol–water partition coefficient (Wildman–Crippen LogP) is 4.78. The van der Waals surface area contributed by atoms with E-state index in [0.29, 0.717) is 6.04 Å². The SMILES string of the molecule is COc1ccc(CCC(C)Nc2cccc(Cl)c2)cc1. The molecule has 2 aromatic carbocycles. The first-order valence-electron chi connectivity index (χ1n) is 6.82. The van der Waals surface area contributed by atoms with Gasteiger partial charge in [-0.05, 0) is 55.7 Å². The van der Waals surface area contributed by atoms with Gasteiger partial charge in [-0.3, -0.25) is 0 Å². The van der Waals surface area contributed by atoms with Crippen LogP contribution in [0.4, 0.5) is 5.69 Å². The van der Waals surface area contributed by atoms with Crippen molar-refractivity contribution in [3.05, 3.63) is 59.1 Å². The summed E-state index contributed by atoms with van der Waals surface area (Å²) in [5.41, 5.74) is 2.39. The second-order valence-electron chi connectivity index (χ2n) is 4.94. The lowest BCUT2D eigenvalue weighted by Crippen LogP contribution is -2.15. The summed E-state index contributed by atoms with van der Waals surface area (Å²) in [5.74, 6) is 0.902. The van der Waals surface area contributed by atoms with Gasteiger partial charge in [0.25, 0.3) is 0 Å². The smallest absolute Gasteiger partial charge is 0.118 e. The van der Waals surface area contributed by atoms with E-state index in [-0.39, 0.29) is 0 Å². The van der Waals surface area contributed by atoms with Crippen molar-refractivity contribution >= 4 is 17.3 Å². The molecule has 0 bridgehead atoms. The molecule has 0 heterocycles. The number of nitrogens with one attached hydrogen (secondary N) is 1. The Morgan fingerprint density at radius 1 is 1.15 bits per heavy atom. The average Bonchev–Trinajstić information content (AvgIpc) is 2.46. The monoisotopic (exact) mass is 289 g/mol. The second kappa shape index (κ2) is 7.20. The summed E-state index contributed by atoms with van der Waals surface area (Å²) in [6, 6.07) is 16.5. The van der Waals surface area contributed by atoms with Crippen molar-refractivity contribution in [2.45, 2.75) is 25.8 Å². The Morgan fingerprint density at radius 3 is 2.55 bits per heavy atom. The third-order valence-corrected chi connectivity index (χ3v) is 3.50. The molecule has 0 saturated carbocycles.